The van der Waals surface area contributed by atoms with Crippen molar-refractivity contribution in [3.63, 3.8) is 0 Å². The summed E-state index contributed by atoms with van der Waals surface area (Å²) in [7, 11) is 0. The molecule has 2 nitrogen and oxygen atoms in total. The SMILES string of the molecule is NCc1cc(COc2ccc(Cl)c(Cl)c2)ccc1F. The average Bonchev–Trinajstić information content (AvgIpc) is 2.41. The lowest BCUT2D eigenvalue weighted by Gasteiger charge is -2.08. The number of hydrogen-bond acceptors (Lipinski definition) is 2. The number of ether oxygens (including phenoxy) is 1. The molecule has 100 valence electrons. The van der Waals surface area contributed by atoms with Crippen LogP contribution in [0.3, 0.4) is 0 Å². The lowest BCUT2D eigenvalue weighted by atomic mass is 10.1. The summed E-state index contributed by atoms with van der Waals surface area (Å²) in [5.41, 5.74) is 6.76. The Balaban J connectivity index is 2.07. The topological polar surface area (TPSA) is 35.2 Å². The van der Waals surface area contributed by atoms with Crippen LogP contribution >= 0.6 is 23.2 Å². The lowest BCUT2D eigenvalue weighted by Crippen LogP contribution is -2.02. The fourth-order valence-corrected chi connectivity index (χ4v) is 1.90. The predicted octanol–water partition coefficient (Wildman–Crippen LogP) is 4.17. The first-order valence-corrected chi connectivity index (χ1v) is 6.41. The van der Waals surface area contributed by atoms with E-state index in [1.165, 1.54) is 6.07 Å². The lowest BCUT2D eigenvalue weighted by molar-refractivity contribution is 0.306. The van der Waals surface area contributed by atoms with E-state index in [1.54, 1.807) is 30.3 Å². The second-order valence-corrected chi connectivity index (χ2v) is 4.81. The number of hydrogen-bond donors (Lipinski definition) is 1. The monoisotopic (exact) mass is 299 g/mol. The van der Waals surface area contributed by atoms with Crippen LogP contribution in [-0.2, 0) is 13.2 Å². The molecule has 0 unspecified atom stereocenters. The fraction of sp³-hybridized carbons (Fsp3) is 0.143. The van der Waals surface area contributed by atoms with Crippen molar-refractivity contribution in [2.24, 2.45) is 5.73 Å². The number of nitrogens with two attached hydrogens (primary N) is 1. The molecule has 0 saturated carbocycles. The molecule has 0 aliphatic rings. The Morgan fingerprint density at radius 3 is 2.53 bits per heavy atom. The number of rotatable bonds is 4. The van der Waals surface area contributed by atoms with E-state index in [1.807, 2.05) is 0 Å². The Morgan fingerprint density at radius 2 is 1.84 bits per heavy atom. The standard InChI is InChI=1S/C14H12Cl2FNO/c15-12-3-2-11(6-13(12)16)19-8-9-1-4-14(17)10(5-9)7-18/h1-6H,7-8,18H2. The first kappa shape index (κ1) is 14.1. The minimum absolute atomic E-state index is 0.159. The molecule has 0 aliphatic heterocycles. The van der Waals surface area contributed by atoms with Crippen LogP contribution in [0.5, 0.6) is 5.75 Å². The van der Waals surface area contributed by atoms with Crippen LogP contribution in [-0.4, -0.2) is 0 Å². The van der Waals surface area contributed by atoms with Crippen LogP contribution in [0.25, 0.3) is 0 Å². The molecule has 0 aliphatic carbocycles. The number of benzene rings is 2. The van der Waals surface area contributed by atoms with E-state index >= 15 is 0 Å². The molecule has 0 spiro atoms. The first-order valence-electron chi connectivity index (χ1n) is 5.65. The molecule has 0 aromatic heterocycles. The maximum Gasteiger partial charge on any atom is 0.127 e. The van der Waals surface area contributed by atoms with Crippen molar-refractivity contribution >= 4 is 23.2 Å². The maximum atomic E-state index is 13.3. The van der Waals surface area contributed by atoms with Crippen molar-refractivity contribution in [2.45, 2.75) is 13.2 Å². The summed E-state index contributed by atoms with van der Waals surface area (Å²) < 4.78 is 18.8. The predicted molar refractivity (Wildman–Crippen MR) is 75.1 cm³/mol. The molecular formula is C14H12Cl2FNO. The molecule has 0 radical (unpaired) electrons. The summed E-state index contributed by atoms with van der Waals surface area (Å²) in [4.78, 5) is 0. The van der Waals surface area contributed by atoms with E-state index in [0.717, 1.165) is 5.56 Å². The van der Waals surface area contributed by atoms with Gasteiger partial charge in [0.25, 0.3) is 0 Å². The van der Waals surface area contributed by atoms with E-state index in [2.05, 4.69) is 0 Å². The van der Waals surface area contributed by atoms with E-state index in [9.17, 15) is 4.39 Å². The van der Waals surface area contributed by atoms with Crippen LogP contribution in [0.15, 0.2) is 36.4 Å². The Kier molecular flexibility index (Phi) is 4.64. The Labute approximate surface area is 120 Å². The van der Waals surface area contributed by atoms with E-state index in [4.69, 9.17) is 33.7 Å². The largest absolute Gasteiger partial charge is 0.489 e. The quantitative estimate of drug-likeness (QED) is 0.919. The molecule has 0 saturated heterocycles. The fourth-order valence-electron chi connectivity index (χ4n) is 1.61. The highest BCUT2D eigenvalue weighted by atomic mass is 35.5. The Bertz CT molecular complexity index is 590. The molecule has 2 rings (SSSR count). The van der Waals surface area contributed by atoms with E-state index in [-0.39, 0.29) is 12.4 Å². The molecule has 0 bridgehead atoms. The van der Waals surface area contributed by atoms with Crippen LogP contribution in [0, 0.1) is 5.82 Å². The summed E-state index contributed by atoms with van der Waals surface area (Å²) in [6.45, 7) is 0.470. The summed E-state index contributed by atoms with van der Waals surface area (Å²) >= 11 is 11.7. The molecule has 19 heavy (non-hydrogen) atoms. The van der Waals surface area contributed by atoms with Gasteiger partial charge in [-0.2, -0.15) is 0 Å². The highest BCUT2D eigenvalue weighted by Crippen LogP contribution is 2.26. The van der Waals surface area contributed by atoms with Gasteiger partial charge in [0.1, 0.15) is 18.2 Å². The normalized spacial score (nSPS) is 10.5. The second-order valence-electron chi connectivity index (χ2n) is 3.99. The average molecular weight is 300 g/mol. The zero-order valence-electron chi connectivity index (χ0n) is 10.00. The first-order chi connectivity index (χ1) is 9.10. The highest BCUT2D eigenvalue weighted by Gasteiger charge is 2.04. The molecule has 0 heterocycles. The number of halogens is 3. The Hall–Kier alpha value is -1.29. The molecule has 2 aromatic carbocycles. The highest BCUT2D eigenvalue weighted by molar-refractivity contribution is 6.42. The van der Waals surface area contributed by atoms with Crippen molar-refractivity contribution in [3.8, 4) is 5.75 Å². The van der Waals surface area contributed by atoms with Gasteiger partial charge < -0.3 is 10.5 Å². The summed E-state index contributed by atoms with van der Waals surface area (Å²) in [6.07, 6.45) is 0. The van der Waals surface area contributed by atoms with Gasteiger partial charge in [0.05, 0.1) is 10.0 Å². The van der Waals surface area contributed by atoms with Gasteiger partial charge in [-0.05, 0) is 29.8 Å². The van der Waals surface area contributed by atoms with E-state index in [0.29, 0.717) is 28.0 Å². The van der Waals surface area contributed by atoms with Gasteiger partial charge in [-0.25, -0.2) is 4.39 Å². The maximum absolute atomic E-state index is 13.3. The van der Waals surface area contributed by atoms with Gasteiger partial charge in [0, 0.05) is 18.2 Å². The van der Waals surface area contributed by atoms with Gasteiger partial charge >= 0.3 is 0 Å². The van der Waals surface area contributed by atoms with Crippen molar-refractivity contribution in [1.82, 2.24) is 0 Å². The van der Waals surface area contributed by atoms with Gasteiger partial charge in [-0.3, -0.25) is 0 Å². The smallest absolute Gasteiger partial charge is 0.127 e. The van der Waals surface area contributed by atoms with Crippen molar-refractivity contribution in [2.75, 3.05) is 0 Å². The van der Waals surface area contributed by atoms with Gasteiger partial charge in [0.15, 0.2) is 0 Å². The third-order valence-corrected chi connectivity index (χ3v) is 3.37. The van der Waals surface area contributed by atoms with Gasteiger partial charge in [-0.1, -0.05) is 29.3 Å². The third kappa shape index (κ3) is 3.60. The second kappa shape index (κ2) is 6.24. The van der Waals surface area contributed by atoms with Crippen LogP contribution in [0.2, 0.25) is 10.0 Å². The van der Waals surface area contributed by atoms with Crippen molar-refractivity contribution in [3.05, 3.63) is 63.4 Å². The van der Waals surface area contributed by atoms with Crippen molar-refractivity contribution < 1.29 is 9.13 Å². The summed E-state index contributed by atoms with van der Waals surface area (Å²) in [5, 5.41) is 0.905. The van der Waals surface area contributed by atoms with Crippen LogP contribution in [0.1, 0.15) is 11.1 Å². The van der Waals surface area contributed by atoms with Crippen LogP contribution < -0.4 is 10.5 Å². The minimum Gasteiger partial charge on any atom is -0.489 e. The van der Waals surface area contributed by atoms with Gasteiger partial charge in [0.2, 0.25) is 0 Å². The molecule has 0 amide bonds. The van der Waals surface area contributed by atoms with Crippen LogP contribution in [0.4, 0.5) is 4.39 Å². The van der Waals surface area contributed by atoms with Crippen molar-refractivity contribution in [1.29, 1.82) is 0 Å². The molecule has 2 aromatic rings. The Morgan fingerprint density at radius 1 is 1.05 bits per heavy atom. The molecule has 0 fully saturated rings. The molecular weight excluding hydrogens is 288 g/mol. The minimum atomic E-state index is -0.305. The van der Waals surface area contributed by atoms with E-state index < -0.39 is 0 Å². The van der Waals surface area contributed by atoms with Gasteiger partial charge in [-0.15, -0.1) is 0 Å². The molecule has 5 heteroatoms. The molecule has 0 atom stereocenters. The molecule has 2 N–H and O–H groups in total. The third-order valence-electron chi connectivity index (χ3n) is 2.63. The zero-order valence-corrected chi connectivity index (χ0v) is 11.5. The zero-order chi connectivity index (χ0) is 13.8. The summed E-state index contributed by atoms with van der Waals surface area (Å²) in [6, 6.07) is 9.75. The summed E-state index contributed by atoms with van der Waals surface area (Å²) in [5.74, 6) is 0.300.